The molecule has 55 heavy (non-hydrogen) atoms. The lowest BCUT2D eigenvalue weighted by Crippen LogP contribution is -2.65. The summed E-state index contributed by atoms with van der Waals surface area (Å²) in [5.74, 6) is -4.12. The molecule has 9 atom stereocenters. The molecule has 2 heterocycles. The zero-order chi connectivity index (χ0) is 43.0. The second-order valence-corrected chi connectivity index (χ2v) is 18.2. The van der Waals surface area contributed by atoms with Crippen LogP contribution < -0.4 is 0 Å². The molecule has 8 N–H and O–H groups in total. The Morgan fingerprint density at radius 1 is 0.418 bits per heavy atom. The first-order valence-corrected chi connectivity index (χ1v) is 23.2. The maximum Gasteiger partial charge on any atom is 0.397 e. The molecule has 328 valence electrons. The van der Waals surface area contributed by atoms with Crippen LogP contribution in [0.1, 0.15) is 0 Å². The van der Waals surface area contributed by atoms with Crippen LogP contribution in [0.15, 0.2) is 0 Å². The van der Waals surface area contributed by atoms with Crippen molar-refractivity contribution in [3.63, 3.8) is 0 Å². The molecule has 0 bridgehead atoms. The Morgan fingerprint density at radius 2 is 0.782 bits per heavy atom. The molecule has 0 amide bonds. The Balaban J connectivity index is 3.07. The molecule has 2 aliphatic heterocycles. The van der Waals surface area contributed by atoms with E-state index < -0.39 is 158 Å². The van der Waals surface area contributed by atoms with Crippen molar-refractivity contribution in [1.82, 2.24) is 0 Å². The lowest BCUT2D eigenvalue weighted by molar-refractivity contribution is -0.374. The maximum absolute atomic E-state index is 11.9. The minimum atomic E-state index is -6.24. The molecule has 35 nitrogen and oxygen atoms in total. The van der Waals surface area contributed by atoms with Crippen LogP contribution in [-0.2, 0) is 131 Å². The predicted molar refractivity (Wildman–Crippen MR) is 152 cm³/mol. The SMILES string of the molecule is O=S(=O)(O)OCC1OC(OC2(COS(=O)(=O)O)OC(COS(=O)(=O)O)[C@@H](OS(=O)(=O)O)[C@H]2OS(=O)(=O)O)C(OS(=O)(=O)O)C(OS(=O)(=O)O)C1OS(=O)(=O)O. The lowest BCUT2D eigenvalue weighted by Gasteiger charge is -2.45. The molecule has 7 unspecified atom stereocenters. The van der Waals surface area contributed by atoms with Gasteiger partial charge in [-0.1, -0.05) is 0 Å². The van der Waals surface area contributed by atoms with Gasteiger partial charge in [-0.25, -0.2) is 33.5 Å². The molecule has 0 aromatic heterocycles. The van der Waals surface area contributed by atoms with E-state index >= 15 is 0 Å². The highest BCUT2D eigenvalue weighted by atomic mass is 32.3. The molecule has 0 spiro atoms. The van der Waals surface area contributed by atoms with Gasteiger partial charge in [-0.05, 0) is 0 Å². The molecule has 2 fully saturated rings. The van der Waals surface area contributed by atoms with Crippen molar-refractivity contribution in [3.05, 3.63) is 0 Å². The van der Waals surface area contributed by atoms with Crippen molar-refractivity contribution in [1.29, 1.82) is 0 Å². The van der Waals surface area contributed by atoms with Crippen LogP contribution in [0.25, 0.3) is 0 Å². The second kappa shape index (κ2) is 17.2. The van der Waals surface area contributed by atoms with Crippen molar-refractivity contribution in [3.8, 4) is 0 Å². The van der Waals surface area contributed by atoms with Gasteiger partial charge in [-0.2, -0.15) is 67.3 Å². The van der Waals surface area contributed by atoms with E-state index in [0.29, 0.717) is 0 Å². The summed E-state index contributed by atoms with van der Waals surface area (Å²) >= 11 is 0. The van der Waals surface area contributed by atoms with E-state index in [1.165, 1.54) is 0 Å². The number of hydrogen-bond donors (Lipinski definition) is 8. The van der Waals surface area contributed by atoms with Crippen LogP contribution in [0, 0.1) is 0 Å². The summed E-state index contributed by atoms with van der Waals surface area (Å²) in [6, 6.07) is 0. The largest absolute Gasteiger partial charge is 0.397 e. The van der Waals surface area contributed by atoms with Gasteiger partial charge in [0.05, 0.1) is 13.2 Å². The van der Waals surface area contributed by atoms with Crippen molar-refractivity contribution in [2.75, 3.05) is 19.8 Å². The molecular formula is C12H22O35S8. The third-order valence-corrected chi connectivity index (χ3v) is 9.28. The summed E-state index contributed by atoms with van der Waals surface area (Å²) in [6.07, 6.45) is -26.0. The van der Waals surface area contributed by atoms with Crippen LogP contribution in [0.5, 0.6) is 0 Å². The molecule has 2 rings (SSSR count). The van der Waals surface area contributed by atoms with E-state index in [1.807, 2.05) is 0 Å². The normalized spacial score (nSPS) is 30.7. The molecule has 2 saturated heterocycles. The van der Waals surface area contributed by atoms with Gasteiger partial charge in [0.25, 0.3) is 0 Å². The van der Waals surface area contributed by atoms with Gasteiger partial charge < -0.3 is 14.2 Å². The standard InChI is InChI=1S/C12H22O35S8/c13-48(14,15)37-1-4-6(43-51(22,23)24)8(45-53(28,29)30)9(46-54(31,32)33)11(40-4)42-12(3-39-50(19,20)21)10(47-55(34,35)36)7(44-52(25,26)27)5(41-12)2-38-49(16,17)18/h4-11H,1-3H2,(H,13,14,15)(H,16,17,18)(H,19,20,21)(H,22,23,24)(H,25,26,27)(H,28,29,30)(H,31,32,33)(H,34,35,36)/t4?,5?,6?,7-,8?,9?,10-,11?,12?/m1/s1. The van der Waals surface area contributed by atoms with Gasteiger partial charge in [-0.15, -0.1) is 0 Å². The first kappa shape index (κ1) is 50.0. The van der Waals surface area contributed by atoms with Gasteiger partial charge in [0, 0.05) is 0 Å². The quantitative estimate of drug-likeness (QED) is 0.0496. The number of rotatable bonds is 21. The monoisotopic (exact) mass is 982 g/mol. The molecule has 0 aromatic rings. The molecule has 43 heteroatoms. The molecular weight excluding hydrogens is 961 g/mol. The highest BCUT2D eigenvalue weighted by molar-refractivity contribution is 7.82. The zero-order valence-corrected chi connectivity index (χ0v) is 31.6. The summed E-state index contributed by atoms with van der Waals surface area (Å²) in [6.45, 7) is -6.25. The second-order valence-electron chi connectivity index (χ2n) is 9.64. The third kappa shape index (κ3) is 18.1. The Morgan fingerprint density at radius 3 is 1.18 bits per heavy atom. The van der Waals surface area contributed by atoms with Crippen molar-refractivity contribution in [2.24, 2.45) is 0 Å². The van der Waals surface area contributed by atoms with E-state index in [1.54, 1.807) is 0 Å². The Labute approximate surface area is 308 Å². The van der Waals surface area contributed by atoms with Crippen LogP contribution in [0.3, 0.4) is 0 Å². The van der Waals surface area contributed by atoms with E-state index in [9.17, 15) is 94.7 Å². The lowest BCUT2D eigenvalue weighted by atomic mass is 9.99. The Bertz CT molecular complexity index is 2280. The fourth-order valence-corrected chi connectivity index (χ4v) is 7.68. The molecule has 0 aliphatic carbocycles. The van der Waals surface area contributed by atoms with E-state index in [4.69, 9.17) is 23.3 Å². The highest BCUT2D eigenvalue weighted by Crippen LogP contribution is 2.42. The van der Waals surface area contributed by atoms with Crippen LogP contribution in [-0.4, -0.2) is 178 Å². The number of ether oxygens (including phenoxy) is 3. The summed E-state index contributed by atoms with van der Waals surface area (Å²) in [5, 5.41) is 0. The Hall–Kier alpha value is -1.16. The summed E-state index contributed by atoms with van der Waals surface area (Å²) in [7, 11) is -48.3. The predicted octanol–water partition coefficient (Wildman–Crippen LogP) is -6.78. The van der Waals surface area contributed by atoms with Crippen LogP contribution >= 0.6 is 0 Å². The number of hydrogen-bond acceptors (Lipinski definition) is 27. The topological polar surface area (TPSA) is 536 Å². The van der Waals surface area contributed by atoms with Gasteiger partial charge in [-0.3, -0.25) is 36.4 Å². The summed E-state index contributed by atoms with van der Waals surface area (Å²) in [4.78, 5) is 0. The minimum Gasteiger partial charge on any atom is -0.341 e. The van der Waals surface area contributed by atoms with Gasteiger partial charge in [0.2, 0.25) is 5.79 Å². The molecule has 2 aliphatic rings. The third-order valence-electron chi connectivity index (χ3n) is 5.68. The van der Waals surface area contributed by atoms with Crippen molar-refractivity contribution >= 4 is 83.2 Å². The summed E-state index contributed by atoms with van der Waals surface area (Å²) < 4.78 is 307. The highest BCUT2D eigenvalue weighted by Gasteiger charge is 2.65. The zero-order valence-electron chi connectivity index (χ0n) is 25.1. The Kier molecular flexibility index (Phi) is 15.6. The van der Waals surface area contributed by atoms with E-state index in [-0.39, 0.29) is 0 Å². The summed E-state index contributed by atoms with van der Waals surface area (Å²) in [5.41, 5.74) is 0. The smallest absolute Gasteiger partial charge is 0.341 e. The average molecular weight is 983 g/mol. The van der Waals surface area contributed by atoms with Crippen LogP contribution in [0.2, 0.25) is 0 Å². The molecule has 0 radical (unpaired) electrons. The van der Waals surface area contributed by atoms with E-state index in [2.05, 4.69) is 33.5 Å². The fourth-order valence-electron chi connectivity index (χ4n) is 4.24. The van der Waals surface area contributed by atoms with Gasteiger partial charge in [0.1, 0.15) is 37.1 Å². The first-order chi connectivity index (χ1) is 24.2. The molecule has 0 aromatic carbocycles. The maximum atomic E-state index is 11.9. The van der Waals surface area contributed by atoms with Crippen molar-refractivity contribution in [2.45, 2.75) is 54.8 Å². The van der Waals surface area contributed by atoms with Crippen molar-refractivity contribution < 1.29 is 151 Å². The molecule has 0 saturated carbocycles. The van der Waals surface area contributed by atoms with Gasteiger partial charge >= 0.3 is 83.2 Å². The first-order valence-electron chi connectivity index (χ1n) is 12.3. The van der Waals surface area contributed by atoms with Gasteiger partial charge in [0.15, 0.2) is 18.5 Å². The minimum absolute atomic E-state index is 1.92. The average Bonchev–Trinajstić information content (AvgIpc) is 3.15. The van der Waals surface area contributed by atoms with E-state index in [0.717, 1.165) is 0 Å². The van der Waals surface area contributed by atoms with Crippen LogP contribution in [0.4, 0.5) is 0 Å². The fraction of sp³-hybridized carbons (Fsp3) is 1.00.